The summed E-state index contributed by atoms with van der Waals surface area (Å²) in [5, 5.41) is 1.43. The van der Waals surface area contributed by atoms with Crippen LogP contribution in [0.3, 0.4) is 0 Å². The van der Waals surface area contributed by atoms with E-state index in [9.17, 15) is 13.2 Å². The van der Waals surface area contributed by atoms with Crippen molar-refractivity contribution in [1.82, 2.24) is 9.97 Å². The summed E-state index contributed by atoms with van der Waals surface area (Å²) in [6.45, 7) is 0. The van der Waals surface area contributed by atoms with Gasteiger partial charge in [-0.05, 0) is 24.3 Å². The number of allylic oxidation sites excluding steroid dienone is 1. The van der Waals surface area contributed by atoms with Gasteiger partial charge in [0.15, 0.2) is 5.41 Å². The van der Waals surface area contributed by atoms with Gasteiger partial charge in [-0.15, -0.1) is 11.3 Å². The van der Waals surface area contributed by atoms with Crippen molar-refractivity contribution in [3.8, 4) is 11.3 Å². The van der Waals surface area contributed by atoms with E-state index in [-0.39, 0.29) is 10.7 Å². The lowest BCUT2D eigenvalue weighted by Crippen LogP contribution is -2.54. The van der Waals surface area contributed by atoms with Crippen molar-refractivity contribution >= 4 is 11.3 Å². The molecule has 0 spiro atoms. The average molecular weight is 338 g/mol. The Morgan fingerprint density at radius 2 is 2.09 bits per heavy atom. The maximum atomic E-state index is 13.9. The number of hydrogen-bond acceptors (Lipinski definition) is 5. The third kappa shape index (κ3) is 2.53. The highest BCUT2D eigenvalue weighted by molar-refractivity contribution is 7.10. The largest absolute Gasteiger partial charge is 0.406 e. The molecule has 2 aromatic rings. The second-order valence-corrected chi connectivity index (χ2v) is 6.03. The molecule has 0 saturated heterocycles. The van der Waals surface area contributed by atoms with Gasteiger partial charge in [-0.2, -0.15) is 13.2 Å². The molecule has 2 unspecified atom stereocenters. The van der Waals surface area contributed by atoms with Crippen molar-refractivity contribution in [2.45, 2.75) is 17.6 Å². The van der Waals surface area contributed by atoms with Gasteiger partial charge in [0, 0.05) is 35.1 Å². The molecular formula is C15H13F3N4S. The van der Waals surface area contributed by atoms with E-state index >= 15 is 0 Å². The molecule has 2 heterocycles. The maximum absolute atomic E-state index is 13.9. The first-order chi connectivity index (χ1) is 10.8. The van der Waals surface area contributed by atoms with Gasteiger partial charge in [0.2, 0.25) is 0 Å². The summed E-state index contributed by atoms with van der Waals surface area (Å²) in [6.07, 6.45) is 2.09. The van der Waals surface area contributed by atoms with Gasteiger partial charge in [-0.3, -0.25) is 4.98 Å². The van der Waals surface area contributed by atoms with Gasteiger partial charge in [-0.25, -0.2) is 4.98 Å². The highest BCUT2D eigenvalue weighted by atomic mass is 32.1. The summed E-state index contributed by atoms with van der Waals surface area (Å²) in [6, 6.07) is 2.14. The second kappa shape index (κ2) is 5.47. The second-order valence-electron chi connectivity index (χ2n) is 5.18. The third-order valence-corrected chi connectivity index (χ3v) is 4.69. The minimum Gasteiger partial charge on any atom is -0.399 e. The van der Waals surface area contributed by atoms with E-state index in [1.165, 1.54) is 12.2 Å². The first-order valence-corrected chi connectivity index (χ1v) is 7.58. The van der Waals surface area contributed by atoms with Crippen LogP contribution < -0.4 is 11.5 Å². The van der Waals surface area contributed by atoms with Crippen LogP contribution in [0.5, 0.6) is 0 Å². The predicted molar refractivity (Wildman–Crippen MR) is 82.5 cm³/mol. The number of aromatic nitrogens is 2. The zero-order valence-electron chi connectivity index (χ0n) is 11.8. The van der Waals surface area contributed by atoms with Gasteiger partial charge in [-0.1, -0.05) is 6.08 Å². The quantitative estimate of drug-likeness (QED) is 0.883. The third-order valence-electron chi connectivity index (χ3n) is 3.70. The van der Waals surface area contributed by atoms with E-state index in [2.05, 4.69) is 9.97 Å². The van der Waals surface area contributed by atoms with Crippen LogP contribution in [-0.4, -0.2) is 22.2 Å². The van der Waals surface area contributed by atoms with Crippen molar-refractivity contribution in [3.63, 3.8) is 0 Å². The summed E-state index contributed by atoms with van der Waals surface area (Å²) in [5.74, 6) is 0. The SMILES string of the molecule is NC1=CC(c2nc(-c3cccnc3)cs2)(C(F)(F)F)C(N)C=C1. The minimum absolute atomic E-state index is 0.0159. The Morgan fingerprint density at radius 1 is 1.30 bits per heavy atom. The van der Waals surface area contributed by atoms with E-state index in [0.29, 0.717) is 11.3 Å². The number of alkyl halides is 3. The smallest absolute Gasteiger partial charge is 0.399 e. The van der Waals surface area contributed by atoms with Crippen LogP contribution in [0.2, 0.25) is 0 Å². The number of thiazole rings is 1. The first kappa shape index (κ1) is 15.7. The molecule has 3 rings (SSSR count). The lowest BCUT2D eigenvalue weighted by atomic mass is 9.76. The van der Waals surface area contributed by atoms with Crippen molar-refractivity contribution in [3.05, 3.63) is 58.8 Å². The van der Waals surface area contributed by atoms with E-state index in [0.717, 1.165) is 17.4 Å². The molecule has 120 valence electrons. The Balaban J connectivity index is 2.14. The molecule has 4 nitrogen and oxygen atoms in total. The topological polar surface area (TPSA) is 77.8 Å². The Labute approximate surface area is 134 Å². The Bertz CT molecular complexity index is 767. The number of hydrogen-bond donors (Lipinski definition) is 2. The number of nitrogens with two attached hydrogens (primary N) is 2. The maximum Gasteiger partial charge on any atom is 0.406 e. The lowest BCUT2D eigenvalue weighted by Gasteiger charge is -2.37. The van der Waals surface area contributed by atoms with Gasteiger partial charge in [0.05, 0.1) is 5.69 Å². The Hall–Kier alpha value is -2.19. The fourth-order valence-corrected chi connectivity index (χ4v) is 3.55. The normalized spacial score (nSPS) is 24.5. The first-order valence-electron chi connectivity index (χ1n) is 6.70. The predicted octanol–water partition coefficient (Wildman–Crippen LogP) is 2.74. The molecule has 2 atom stereocenters. The standard InChI is InChI=1S/C15H13F3N4S/c16-15(17,18)14(6-10(19)3-4-12(14)20)13-22-11(8-23-13)9-2-1-5-21-7-9/h1-8,12H,19-20H2. The molecule has 0 aliphatic heterocycles. The fraction of sp³-hybridized carbons (Fsp3) is 0.200. The number of halogens is 3. The fourth-order valence-electron chi connectivity index (χ4n) is 2.48. The average Bonchev–Trinajstić information content (AvgIpc) is 2.99. The summed E-state index contributed by atoms with van der Waals surface area (Å²) in [5.41, 5.74) is 10.1. The van der Waals surface area contributed by atoms with Crippen LogP contribution in [0.25, 0.3) is 11.3 Å². The minimum atomic E-state index is -4.62. The van der Waals surface area contributed by atoms with Crippen LogP contribution in [0, 0.1) is 0 Å². The molecule has 0 amide bonds. The Morgan fingerprint density at radius 3 is 2.74 bits per heavy atom. The monoisotopic (exact) mass is 338 g/mol. The van der Waals surface area contributed by atoms with Crippen molar-refractivity contribution in [2.75, 3.05) is 0 Å². The Kier molecular flexibility index (Phi) is 3.73. The molecule has 1 aliphatic carbocycles. The van der Waals surface area contributed by atoms with Crippen molar-refractivity contribution in [2.24, 2.45) is 11.5 Å². The molecule has 0 radical (unpaired) electrons. The van der Waals surface area contributed by atoms with Gasteiger partial charge >= 0.3 is 6.18 Å². The van der Waals surface area contributed by atoms with E-state index < -0.39 is 17.6 Å². The summed E-state index contributed by atoms with van der Waals surface area (Å²) >= 11 is 0.909. The molecule has 0 bridgehead atoms. The molecule has 1 aliphatic rings. The zero-order chi connectivity index (χ0) is 16.7. The van der Waals surface area contributed by atoms with Crippen LogP contribution in [0.4, 0.5) is 13.2 Å². The molecule has 4 N–H and O–H groups in total. The van der Waals surface area contributed by atoms with Crippen molar-refractivity contribution in [1.29, 1.82) is 0 Å². The summed E-state index contributed by atoms with van der Waals surface area (Å²) in [7, 11) is 0. The number of nitrogens with zero attached hydrogens (tertiary/aromatic N) is 2. The molecule has 0 saturated carbocycles. The van der Waals surface area contributed by atoms with Crippen LogP contribution in [-0.2, 0) is 5.41 Å². The van der Waals surface area contributed by atoms with Crippen LogP contribution >= 0.6 is 11.3 Å². The number of pyridine rings is 1. The van der Waals surface area contributed by atoms with E-state index in [1.54, 1.807) is 29.9 Å². The van der Waals surface area contributed by atoms with Gasteiger partial charge in [0.1, 0.15) is 5.01 Å². The summed E-state index contributed by atoms with van der Waals surface area (Å²) in [4.78, 5) is 8.12. The molecule has 0 aromatic carbocycles. The van der Waals surface area contributed by atoms with Crippen LogP contribution in [0.15, 0.2) is 53.8 Å². The lowest BCUT2D eigenvalue weighted by molar-refractivity contribution is -0.179. The van der Waals surface area contributed by atoms with Crippen LogP contribution in [0.1, 0.15) is 5.01 Å². The molecule has 23 heavy (non-hydrogen) atoms. The van der Waals surface area contributed by atoms with E-state index in [4.69, 9.17) is 11.5 Å². The highest BCUT2D eigenvalue weighted by Crippen LogP contribution is 2.48. The number of rotatable bonds is 2. The zero-order valence-corrected chi connectivity index (χ0v) is 12.6. The summed E-state index contributed by atoms with van der Waals surface area (Å²) < 4.78 is 41.6. The van der Waals surface area contributed by atoms with Gasteiger partial charge < -0.3 is 11.5 Å². The molecule has 2 aromatic heterocycles. The highest BCUT2D eigenvalue weighted by Gasteiger charge is 2.60. The molecular weight excluding hydrogens is 325 g/mol. The molecule has 0 fully saturated rings. The van der Waals surface area contributed by atoms with Crippen molar-refractivity contribution < 1.29 is 13.2 Å². The van der Waals surface area contributed by atoms with E-state index in [1.807, 2.05) is 0 Å². The van der Waals surface area contributed by atoms with Gasteiger partial charge in [0.25, 0.3) is 0 Å². The molecule has 8 heteroatoms.